The summed E-state index contributed by atoms with van der Waals surface area (Å²) < 4.78 is 53.9. The molecule has 206 valence electrons. The van der Waals surface area contributed by atoms with Crippen LogP contribution in [0, 0.1) is 0 Å². The van der Waals surface area contributed by atoms with Gasteiger partial charge in [0.2, 0.25) is 31.9 Å². The molecular formula is C25H28N6O6S2. The highest BCUT2D eigenvalue weighted by Gasteiger charge is 2.17. The molecule has 0 unspecified atom stereocenters. The van der Waals surface area contributed by atoms with Crippen molar-refractivity contribution in [2.45, 2.75) is 18.4 Å². The van der Waals surface area contributed by atoms with Gasteiger partial charge < -0.3 is 15.2 Å². The van der Waals surface area contributed by atoms with E-state index in [4.69, 9.17) is 14.9 Å². The molecule has 2 heterocycles. The molecule has 39 heavy (non-hydrogen) atoms. The van der Waals surface area contributed by atoms with Crippen LogP contribution in [0.25, 0.3) is 22.3 Å². The summed E-state index contributed by atoms with van der Waals surface area (Å²) in [6.07, 6.45) is 1.09. The Kier molecular flexibility index (Phi) is 8.30. The number of pyridine rings is 1. The van der Waals surface area contributed by atoms with Gasteiger partial charge in [-0.2, -0.15) is 4.98 Å². The van der Waals surface area contributed by atoms with E-state index in [1.54, 1.807) is 48.5 Å². The third-order valence-corrected chi connectivity index (χ3v) is 7.77. The van der Waals surface area contributed by atoms with Crippen LogP contribution in [0.5, 0.6) is 5.88 Å². The number of nitrogens with zero attached hydrogens (tertiary/aromatic N) is 4. The largest absolute Gasteiger partial charge is 0.476 e. The van der Waals surface area contributed by atoms with E-state index in [1.165, 1.54) is 12.1 Å². The molecule has 0 saturated carbocycles. The minimum Gasteiger partial charge on any atom is -0.476 e. The number of nitrogens with two attached hydrogens (primary N) is 1. The van der Waals surface area contributed by atoms with E-state index in [9.17, 15) is 21.9 Å². The Labute approximate surface area is 226 Å². The van der Waals surface area contributed by atoms with E-state index in [0.29, 0.717) is 47.4 Å². The molecule has 4 rings (SSSR count). The minimum absolute atomic E-state index is 0.0289. The van der Waals surface area contributed by atoms with E-state index in [0.717, 1.165) is 21.7 Å². The first kappa shape index (κ1) is 28.2. The van der Waals surface area contributed by atoms with Crippen LogP contribution in [0.1, 0.15) is 12.5 Å². The smallest absolute Gasteiger partial charge is 0.245 e. The van der Waals surface area contributed by atoms with Crippen molar-refractivity contribution in [2.75, 3.05) is 35.6 Å². The minimum atomic E-state index is -3.77. The van der Waals surface area contributed by atoms with Gasteiger partial charge in [-0.25, -0.2) is 31.9 Å². The molecule has 0 fully saturated rings. The van der Waals surface area contributed by atoms with Gasteiger partial charge in [-0.3, -0.25) is 4.31 Å². The number of nitrogens with one attached hydrogen (secondary N) is 1. The maximum atomic E-state index is 12.1. The summed E-state index contributed by atoms with van der Waals surface area (Å²) >= 11 is 0. The molecule has 0 spiro atoms. The van der Waals surface area contributed by atoms with Crippen LogP contribution in [0.15, 0.2) is 65.6 Å². The number of sulfonamides is 2. The van der Waals surface area contributed by atoms with Gasteiger partial charge in [0.05, 0.1) is 47.8 Å². The lowest BCUT2D eigenvalue weighted by molar-refractivity contribution is 0.307. The maximum Gasteiger partial charge on any atom is 0.245 e. The van der Waals surface area contributed by atoms with Gasteiger partial charge in [0.15, 0.2) is 5.52 Å². The molecule has 0 atom stereocenters. The van der Waals surface area contributed by atoms with Crippen molar-refractivity contribution in [3.63, 3.8) is 0 Å². The van der Waals surface area contributed by atoms with Crippen molar-refractivity contribution in [1.29, 1.82) is 0 Å². The van der Waals surface area contributed by atoms with Gasteiger partial charge in [0.1, 0.15) is 0 Å². The van der Waals surface area contributed by atoms with Gasteiger partial charge in [-0.15, -0.1) is 0 Å². The van der Waals surface area contributed by atoms with Gasteiger partial charge in [0, 0.05) is 12.1 Å². The van der Waals surface area contributed by atoms with Gasteiger partial charge in [-0.05, 0) is 48.9 Å². The monoisotopic (exact) mass is 572 g/mol. The number of aromatic nitrogens is 3. The second kappa shape index (κ2) is 11.5. The number of aliphatic hydroxyl groups excluding tert-OH is 1. The zero-order chi connectivity index (χ0) is 28.2. The van der Waals surface area contributed by atoms with E-state index < -0.39 is 20.0 Å². The summed E-state index contributed by atoms with van der Waals surface area (Å²) in [5.74, 6) is 0.601. The third-order valence-electron chi connectivity index (χ3n) is 5.65. The number of anilines is 2. The van der Waals surface area contributed by atoms with E-state index >= 15 is 0 Å². The van der Waals surface area contributed by atoms with Crippen molar-refractivity contribution >= 4 is 42.7 Å². The first-order valence-corrected chi connectivity index (χ1v) is 15.3. The maximum absolute atomic E-state index is 12.1. The van der Waals surface area contributed by atoms with Crippen LogP contribution < -0.4 is 19.5 Å². The summed E-state index contributed by atoms with van der Waals surface area (Å²) in [6.45, 7) is 2.17. The molecule has 0 saturated heterocycles. The lowest BCUT2D eigenvalue weighted by atomic mass is 10.1. The molecule has 0 aliphatic carbocycles. The lowest BCUT2D eigenvalue weighted by Crippen LogP contribution is -2.32. The summed E-state index contributed by atoms with van der Waals surface area (Å²) in [5.41, 5.74) is 3.60. The summed E-state index contributed by atoms with van der Waals surface area (Å²) in [7, 11) is -7.31. The number of ether oxygens (including phenoxy) is 1. The predicted molar refractivity (Wildman–Crippen MR) is 148 cm³/mol. The molecule has 0 aliphatic rings. The Balaban J connectivity index is 1.59. The molecular weight excluding hydrogens is 544 g/mol. The SMILES string of the molecule is CCOc1nc(NCc2ccc(S(N)(=O)=O)cc2)nc2ccc(-c3ccc(N(CCO)S(C)(=O)=O)cc3)nc12. The summed E-state index contributed by atoms with van der Waals surface area (Å²) in [4.78, 5) is 13.7. The summed E-state index contributed by atoms with van der Waals surface area (Å²) in [5, 5.41) is 17.5. The van der Waals surface area contributed by atoms with Gasteiger partial charge in [0.25, 0.3) is 0 Å². The number of fused-ring (bicyclic) bond motifs is 1. The average molecular weight is 573 g/mol. The lowest BCUT2D eigenvalue weighted by Gasteiger charge is -2.21. The molecule has 4 aromatic rings. The van der Waals surface area contributed by atoms with Crippen LogP contribution in [-0.4, -0.2) is 62.9 Å². The van der Waals surface area contributed by atoms with Crippen LogP contribution in [0.3, 0.4) is 0 Å². The molecule has 0 amide bonds. The predicted octanol–water partition coefficient (Wildman–Crippen LogP) is 2.11. The Bertz CT molecular complexity index is 1680. The molecule has 0 aliphatic heterocycles. The van der Waals surface area contributed by atoms with Gasteiger partial charge >= 0.3 is 0 Å². The summed E-state index contributed by atoms with van der Waals surface area (Å²) in [6, 6.07) is 16.5. The Morgan fingerprint density at radius 1 is 0.949 bits per heavy atom. The molecule has 0 bridgehead atoms. The Hall–Kier alpha value is -3.85. The Morgan fingerprint density at radius 2 is 1.64 bits per heavy atom. The number of aliphatic hydroxyl groups is 1. The highest BCUT2D eigenvalue weighted by Crippen LogP contribution is 2.28. The molecule has 4 N–H and O–H groups in total. The zero-order valence-electron chi connectivity index (χ0n) is 21.3. The third kappa shape index (κ3) is 6.78. The van der Waals surface area contributed by atoms with Gasteiger partial charge in [-0.1, -0.05) is 24.3 Å². The van der Waals surface area contributed by atoms with Crippen molar-refractivity contribution in [3.05, 3.63) is 66.2 Å². The molecule has 14 heteroatoms. The number of primary sulfonamides is 1. The second-order valence-corrected chi connectivity index (χ2v) is 12.0. The molecule has 0 radical (unpaired) electrons. The van der Waals surface area contributed by atoms with Crippen LogP contribution in [0.2, 0.25) is 0 Å². The number of hydrogen-bond acceptors (Lipinski definition) is 10. The highest BCUT2D eigenvalue weighted by atomic mass is 32.2. The van der Waals surface area contributed by atoms with E-state index in [2.05, 4.69) is 15.3 Å². The normalized spacial score (nSPS) is 11.9. The average Bonchev–Trinajstić information content (AvgIpc) is 2.90. The second-order valence-electron chi connectivity index (χ2n) is 8.50. The molecule has 2 aromatic heterocycles. The number of benzene rings is 2. The fraction of sp³-hybridized carbons (Fsp3) is 0.240. The number of hydrogen-bond donors (Lipinski definition) is 3. The van der Waals surface area contributed by atoms with Crippen LogP contribution in [-0.2, 0) is 26.6 Å². The quantitative estimate of drug-likeness (QED) is 0.241. The molecule has 2 aromatic carbocycles. The standard InChI is InChI=1S/C25H28N6O6S2/c1-3-37-24-23-22(29-25(30-24)27-16-17-4-10-20(11-5-17)39(26,35)36)13-12-21(28-23)18-6-8-19(9-7-18)31(14-15-32)38(2,33)34/h4-13,32H,3,14-16H2,1-2H3,(H2,26,35,36)(H,27,29,30). The number of rotatable bonds is 11. The van der Waals surface area contributed by atoms with E-state index in [-0.39, 0.29) is 18.0 Å². The highest BCUT2D eigenvalue weighted by molar-refractivity contribution is 7.92. The van der Waals surface area contributed by atoms with Crippen molar-refractivity contribution in [3.8, 4) is 17.1 Å². The fourth-order valence-corrected chi connectivity index (χ4v) is 5.25. The van der Waals surface area contributed by atoms with Crippen molar-refractivity contribution < 1.29 is 26.7 Å². The Morgan fingerprint density at radius 3 is 2.23 bits per heavy atom. The first-order valence-electron chi connectivity index (χ1n) is 11.9. The fourth-order valence-electron chi connectivity index (χ4n) is 3.82. The zero-order valence-corrected chi connectivity index (χ0v) is 22.9. The first-order chi connectivity index (χ1) is 18.5. The molecule has 12 nitrogen and oxygen atoms in total. The van der Waals surface area contributed by atoms with Crippen molar-refractivity contribution in [1.82, 2.24) is 15.0 Å². The topological polar surface area (TPSA) is 178 Å². The van der Waals surface area contributed by atoms with E-state index in [1.807, 2.05) is 6.92 Å². The van der Waals surface area contributed by atoms with Crippen LogP contribution >= 0.6 is 0 Å². The van der Waals surface area contributed by atoms with Crippen LogP contribution in [0.4, 0.5) is 11.6 Å². The van der Waals surface area contributed by atoms with Crippen molar-refractivity contribution in [2.24, 2.45) is 5.14 Å².